The molecule has 0 amide bonds. The number of aromatic nitrogens is 2. The predicted octanol–water partition coefficient (Wildman–Crippen LogP) is 3.49. The van der Waals surface area contributed by atoms with Crippen LogP contribution in [0.2, 0.25) is 5.02 Å². The summed E-state index contributed by atoms with van der Waals surface area (Å²) in [7, 11) is 0. The Morgan fingerprint density at radius 2 is 1.83 bits per heavy atom. The number of hydrogen-bond donors (Lipinski definition) is 0. The number of nitrogens with zero attached hydrogens (tertiary/aromatic N) is 2. The lowest BCUT2D eigenvalue weighted by Crippen LogP contribution is -2.21. The molecule has 1 heterocycles. The number of hydrogen-bond acceptors (Lipinski definition) is 5. The van der Waals surface area contributed by atoms with E-state index in [-0.39, 0.29) is 16.5 Å². The minimum atomic E-state index is -1.24. The Morgan fingerprint density at radius 1 is 1.12 bits per heavy atom. The molecular weight excluding hydrogens is 351 g/mol. The summed E-state index contributed by atoms with van der Waals surface area (Å²) in [5.74, 6) is -0.775. The third-order valence-corrected chi connectivity index (χ3v) is 3.79. The van der Waals surface area contributed by atoms with E-state index >= 15 is 0 Å². The number of carbonyl (C=O) groups is 1. The summed E-state index contributed by atoms with van der Waals surface area (Å²) in [6.07, 6.45) is 1.59. The standard InChI is InChI=1S/C17H10Cl2N2O3/c18-13-4-2-1-3-12(13)15-20-16(24-21-15)14(19)9-10-5-7-11(8-6-10)17(22)23/h1-9H,(H,22,23)/p-1/b14-9-. The van der Waals surface area contributed by atoms with Crippen LogP contribution >= 0.6 is 23.2 Å². The summed E-state index contributed by atoms with van der Waals surface area (Å²) < 4.78 is 5.15. The Bertz CT molecular complexity index is 918. The first-order valence-corrected chi connectivity index (χ1v) is 7.58. The zero-order valence-electron chi connectivity index (χ0n) is 12.1. The van der Waals surface area contributed by atoms with Gasteiger partial charge in [-0.3, -0.25) is 0 Å². The van der Waals surface area contributed by atoms with Crippen molar-refractivity contribution in [2.75, 3.05) is 0 Å². The lowest BCUT2D eigenvalue weighted by molar-refractivity contribution is -0.255. The highest BCUT2D eigenvalue weighted by atomic mass is 35.5. The van der Waals surface area contributed by atoms with Crippen LogP contribution in [-0.4, -0.2) is 16.1 Å². The van der Waals surface area contributed by atoms with E-state index in [1.54, 1.807) is 36.4 Å². The Morgan fingerprint density at radius 3 is 2.50 bits per heavy atom. The van der Waals surface area contributed by atoms with Gasteiger partial charge in [0.15, 0.2) is 0 Å². The SMILES string of the molecule is O=C([O-])c1ccc(/C=C(\Cl)c2nc(-c3ccccc3Cl)no2)cc1. The van der Waals surface area contributed by atoms with E-state index in [1.807, 2.05) is 6.07 Å². The summed E-state index contributed by atoms with van der Waals surface area (Å²) in [6, 6.07) is 13.2. The van der Waals surface area contributed by atoms with Gasteiger partial charge in [0, 0.05) is 5.56 Å². The van der Waals surface area contributed by atoms with Gasteiger partial charge in [0.2, 0.25) is 5.82 Å². The van der Waals surface area contributed by atoms with Crippen molar-refractivity contribution in [3.8, 4) is 11.4 Å². The Hall–Kier alpha value is -2.63. The third-order valence-electron chi connectivity index (χ3n) is 3.18. The van der Waals surface area contributed by atoms with Crippen LogP contribution in [0.5, 0.6) is 0 Å². The number of aromatic carboxylic acids is 1. The van der Waals surface area contributed by atoms with Gasteiger partial charge < -0.3 is 14.4 Å². The smallest absolute Gasteiger partial charge is 0.269 e. The molecule has 1 aromatic heterocycles. The van der Waals surface area contributed by atoms with E-state index in [4.69, 9.17) is 27.7 Å². The van der Waals surface area contributed by atoms with Gasteiger partial charge in [0.1, 0.15) is 5.03 Å². The molecule has 0 N–H and O–H groups in total. The molecule has 0 saturated heterocycles. The van der Waals surface area contributed by atoms with Crippen LogP contribution in [0, 0.1) is 0 Å². The lowest BCUT2D eigenvalue weighted by atomic mass is 10.1. The van der Waals surface area contributed by atoms with Gasteiger partial charge in [-0.25, -0.2) is 0 Å². The molecule has 120 valence electrons. The summed E-state index contributed by atoms with van der Waals surface area (Å²) in [6.45, 7) is 0. The summed E-state index contributed by atoms with van der Waals surface area (Å²) in [5.41, 5.74) is 1.40. The van der Waals surface area contributed by atoms with E-state index < -0.39 is 5.97 Å². The van der Waals surface area contributed by atoms with E-state index in [1.165, 1.54) is 12.1 Å². The lowest BCUT2D eigenvalue weighted by Gasteiger charge is -2.01. The molecule has 0 saturated carbocycles. The van der Waals surface area contributed by atoms with Crippen LogP contribution < -0.4 is 5.11 Å². The van der Waals surface area contributed by atoms with Crippen LogP contribution in [0.25, 0.3) is 22.5 Å². The van der Waals surface area contributed by atoms with Crippen LogP contribution in [0.3, 0.4) is 0 Å². The quantitative estimate of drug-likeness (QED) is 0.712. The highest BCUT2D eigenvalue weighted by molar-refractivity contribution is 6.50. The molecule has 0 bridgehead atoms. The number of carbonyl (C=O) groups excluding carboxylic acids is 1. The van der Waals surface area contributed by atoms with E-state index in [0.717, 1.165) is 0 Å². The first-order valence-electron chi connectivity index (χ1n) is 6.82. The second-order valence-electron chi connectivity index (χ2n) is 4.80. The summed E-state index contributed by atoms with van der Waals surface area (Å²) >= 11 is 12.3. The molecule has 0 aliphatic carbocycles. The Labute approximate surface area is 147 Å². The van der Waals surface area contributed by atoms with Gasteiger partial charge in [0.05, 0.1) is 11.0 Å². The van der Waals surface area contributed by atoms with Crippen LogP contribution in [0.4, 0.5) is 0 Å². The van der Waals surface area contributed by atoms with Crippen LogP contribution in [-0.2, 0) is 0 Å². The molecule has 0 atom stereocenters. The molecule has 0 fully saturated rings. The van der Waals surface area contributed by atoms with Crippen LogP contribution in [0.15, 0.2) is 53.1 Å². The normalized spacial score (nSPS) is 11.5. The monoisotopic (exact) mass is 359 g/mol. The van der Waals surface area contributed by atoms with Crippen molar-refractivity contribution in [2.45, 2.75) is 0 Å². The predicted molar refractivity (Wildman–Crippen MR) is 89.2 cm³/mol. The molecule has 0 aliphatic rings. The number of halogens is 2. The number of carboxylic acids is 1. The Balaban J connectivity index is 1.86. The van der Waals surface area contributed by atoms with Crippen molar-refractivity contribution in [3.63, 3.8) is 0 Å². The van der Waals surface area contributed by atoms with Gasteiger partial charge in [-0.1, -0.05) is 64.8 Å². The van der Waals surface area contributed by atoms with Gasteiger partial charge in [-0.2, -0.15) is 4.98 Å². The fourth-order valence-electron chi connectivity index (χ4n) is 2.00. The van der Waals surface area contributed by atoms with Crippen molar-refractivity contribution in [1.29, 1.82) is 0 Å². The first kappa shape index (κ1) is 16.2. The molecule has 0 aliphatic heterocycles. The van der Waals surface area contributed by atoms with Gasteiger partial charge >= 0.3 is 0 Å². The number of benzene rings is 2. The maximum atomic E-state index is 10.7. The molecule has 3 aromatic rings. The number of carboxylic acid groups (broad SMARTS) is 1. The van der Waals surface area contributed by atoms with Gasteiger partial charge in [-0.15, -0.1) is 0 Å². The van der Waals surface area contributed by atoms with E-state index in [2.05, 4.69) is 10.1 Å². The van der Waals surface area contributed by atoms with Crippen molar-refractivity contribution in [3.05, 3.63) is 70.6 Å². The Kier molecular flexibility index (Phi) is 4.64. The minimum absolute atomic E-state index is 0.0852. The average molecular weight is 360 g/mol. The highest BCUT2D eigenvalue weighted by Crippen LogP contribution is 2.28. The van der Waals surface area contributed by atoms with Gasteiger partial charge in [-0.05, 0) is 29.3 Å². The molecule has 24 heavy (non-hydrogen) atoms. The molecule has 2 aromatic carbocycles. The first-order chi connectivity index (χ1) is 11.5. The maximum absolute atomic E-state index is 10.7. The fraction of sp³-hybridized carbons (Fsp3) is 0. The average Bonchev–Trinajstić information content (AvgIpc) is 3.05. The molecular formula is C17H9Cl2N2O3-. The fourth-order valence-corrected chi connectivity index (χ4v) is 2.42. The molecule has 0 spiro atoms. The number of rotatable bonds is 4. The third kappa shape index (κ3) is 3.48. The summed E-state index contributed by atoms with van der Waals surface area (Å²) in [4.78, 5) is 14.9. The second kappa shape index (κ2) is 6.86. The van der Waals surface area contributed by atoms with Crippen molar-refractivity contribution < 1.29 is 14.4 Å². The highest BCUT2D eigenvalue weighted by Gasteiger charge is 2.13. The van der Waals surface area contributed by atoms with Crippen molar-refractivity contribution >= 4 is 40.3 Å². The van der Waals surface area contributed by atoms with E-state index in [0.29, 0.717) is 22.0 Å². The molecule has 5 nitrogen and oxygen atoms in total. The van der Waals surface area contributed by atoms with Gasteiger partial charge in [0.25, 0.3) is 5.89 Å². The minimum Gasteiger partial charge on any atom is -0.545 e. The largest absolute Gasteiger partial charge is 0.545 e. The molecule has 7 heteroatoms. The molecule has 3 rings (SSSR count). The second-order valence-corrected chi connectivity index (χ2v) is 5.62. The van der Waals surface area contributed by atoms with Crippen LogP contribution in [0.1, 0.15) is 21.8 Å². The topological polar surface area (TPSA) is 79.0 Å². The maximum Gasteiger partial charge on any atom is 0.269 e. The molecule has 0 unspecified atom stereocenters. The zero-order valence-corrected chi connectivity index (χ0v) is 13.6. The summed E-state index contributed by atoms with van der Waals surface area (Å²) in [5, 5.41) is 15.3. The van der Waals surface area contributed by atoms with Crippen molar-refractivity contribution in [1.82, 2.24) is 10.1 Å². The van der Waals surface area contributed by atoms with E-state index in [9.17, 15) is 9.90 Å². The zero-order chi connectivity index (χ0) is 17.1. The van der Waals surface area contributed by atoms with Crippen molar-refractivity contribution in [2.24, 2.45) is 0 Å². The molecule has 0 radical (unpaired) electrons.